The zero-order chi connectivity index (χ0) is 13.4. The fourth-order valence-electron chi connectivity index (χ4n) is 2.66. The first kappa shape index (κ1) is 15.4. The van der Waals surface area contributed by atoms with Crippen LogP contribution in [-0.2, 0) is 14.3 Å². The molecule has 0 saturated heterocycles. The van der Waals surface area contributed by atoms with Gasteiger partial charge in [-0.05, 0) is 45.6 Å². The highest BCUT2D eigenvalue weighted by atomic mass is 16.5. The van der Waals surface area contributed by atoms with Gasteiger partial charge in [0.2, 0.25) is 0 Å². The summed E-state index contributed by atoms with van der Waals surface area (Å²) in [6.07, 6.45) is 5.25. The molecule has 1 aliphatic carbocycles. The third-order valence-electron chi connectivity index (χ3n) is 3.85. The van der Waals surface area contributed by atoms with Crippen LogP contribution in [0.1, 0.15) is 39.0 Å². The van der Waals surface area contributed by atoms with Crippen LogP contribution >= 0.6 is 0 Å². The maximum absolute atomic E-state index is 11.4. The van der Waals surface area contributed by atoms with E-state index in [0.29, 0.717) is 25.0 Å². The summed E-state index contributed by atoms with van der Waals surface area (Å²) < 4.78 is 10.1. The van der Waals surface area contributed by atoms with E-state index in [2.05, 4.69) is 11.9 Å². The van der Waals surface area contributed by atoms with Crippen LogP contribution in [-0.4, -0.2) is 50.8 Å². The zero-order valence-electron chi connectivity index (χ0n) is 12.0. The van der Waals surface area contributed by atoms with Crippen molar-refractivity contribution in [1.82, 2.24) is 4.90 Å². The number of carbonyl (C=O) groups is 1. The number of hydrogen-bond donors (Lipinski definition) is 0. The average Bonchev–Trinajstić information content (AvgIpc) is 2.37. The predicted molar refractivity (Wildman–Crippen MR) is 71.5 cm³/mol. The minimum atomic E-state index is -0.0336. The van der Waals surface area contributed by atoms with Gasteiger partial charge in [-0.25, -0.2) is 0 Å². The molecule has 4 heteroatoms. The van der Waals surface area contributed by atoms with E-state index >= 15 is 0 Å². The monoisotopic (exact) mass is 257 g/mol. The molecule has 1 rings (SSSR count). The Balaban J connectivity index is 2.21. The minimum Gasteiger partial charge on any atom is -0.466 e. The Hall–Kier alpha value is -0.610. The molecule has 0 amide bonds. The summed E-state index contributed by atoms with van der Waals surface area (Å²) in [5, 5.41) is 0. The van der Waals surface area contributed by atoms with Gasteiger partial charge in [0.1, 0.15) is 0 Å². The van der Waals surface area contributed by atoms with Gasteiger partial charge in [0.05, 0.1) is 13.2 Å². The Morgan fingerprint density at radius 2 is 1.94 bits per heavy atom. The number of ether oxygens (including phenoxy) is 2. The first-order valence-electron chi connectivity index (χ1n) is 7.02. The van der Waals surface area contributed by atoms with Gasteiger partial charge in [0, 0.05) is 26.1 Å². The topological polar surface area (TPSA) is 38.8 Å². The Kier molecular flexibility index (Phi) is 7.28. The van der Waals surface area contributed by atoms with Crippen molar-refractivity contribution < 1.29 is 14.3 Å². The second-order valence-corrected chi connectivity index (χ2v) is 5.16. The van der Waals surface area contributed by atoms with Gasteiger partial charge >= 0.3 is 5.97 Å². The molecule has 0 aromatic heterocycles. The van der Waals surface area contributed by atoms with Crippen molar-refractivity contribution in [2.24, 2.45) is 5.92 Å². The van der Waals surface area contributed by atoms with Gasteiger partial charge < -0.3 is 14.4 Å². The molecule has 1 saturated carbocycles. The lowest BCUT2D eigenvalue weighted by Crippen LogP contribution is -2.37. The molecule has 0 aromatic carbocycles. The predicted octanol–water partition coefficient (Wildman–Crippen LogP) is 2.08. The Labute approximate surface area is 111 Å². The summed E-state index contributed by atoms with van der Waals surface area (Å²) in [5.41, 5.74) is 0. The quantitative estimate of drug-likeness (QED) is 0.655. The minimum absolute atomic E-state index is 0.0336. The molecule has 0 N–H and O–H groups in total. The number of methoxy groups -OCH3 is 1. The van der Waals surface area contributed by atoms with Crippen molar-refractivity contribution in [1.29, 1.82) is 0 Å². The van der Waals surface area contributed by atoms with Gasteiger partial charge in [-0.2, -0.15) is 0 Å². The lowest BCUT2D eigenvalue weighted by Gasteiger charge is -2.34. The summed E-state index contributed by atoms with van der Waals surface area (Å²) in [7, 11) is 3.90. The molecule has 0 heterocycles. The summed E-state index contributed by atoms with van der Waals surface area (Å²) in [5.74, 6) is 0.491. The van der Waals surface area contributed by atoms with Crippen molar-refractivity contribution in [3.05, 3.63) is 0 Å². The number of esters is 1. The van der Waals surface area contributed by atoms with Crippen LogP contribution in [0.2, 0.25) is 0 Å². The second kappa shape index (κ2) is 8.48. The lowest BCUT2D eigenvalue weighted by molar-refractivity contribution is -0.144. The number of rotatable bonds is 7. The normalized spacial score (nSPS) is 24.2. The Morgan fingerprint density at radius 3 is 2.50 bits per heavy atom. The third kappa shape index (κ3) is 5.36. The van der Waals surface area contributed by atoms with Gasteiger partial charge in [0.15, 0.2) is 0 Å². The molecule has 0 atom stereocenters. The SMILES string of the molecule is CCOC(=O)C[C@H]1CC[C@H](N(C)CCOC)CC1. The van der Waals surface area contributed by atoms with Gasteiger partial charge in [0.25, 0.3) is 0 Å². The fourth-order valence-corrected chi connectivity index (χ4v) is 2.66. The first-order valence-corrected chi connectivity index (χ1v) is 7.02. The number of nitrogens with zero attached hydrogens (tertiary/aromatic N) is 1. The standard InChI is InChI=1S/C14H27NO3/c1-4-18-14(16)11-12-5-7-13(8-6-12)15(2)9-10-17-3/h12-13H,4-11H2,1-3H3/t12-,13-. The van der Waals surface area contributed by atoms with Gasteiger partial charge in [-0.1, -0.05) is 0 Å². The molecule has 0 radical (unpaired) electrons. The van der Waals surface area contributed by atoms with Crippen molar-refractivity contribution in [2.45, 2.75) is 45.1 Å². The molecule has 106 valence electrons. The average molecular weight is 257 g/mol. The van der Waals surface area contributed by atoms with Crippen molar-refractivity contribution in [3.8, 4) is 0 Å². The van der Waals surface area contributed by atoms with E-state index < -0.39 is 0 Å². The smallest absolute Gasteiger partial charge is 0.306 e. The van der Waals surface area contributed by atoms with Crippen LogP contribution < -0.4 is 0 Å². The number of hydrogen-bond acceptors (Lipinski definition) is 4. The van der Waals surface area contributed by atoms with Crippen LogP contribution in [0.5, 0.6) is 0 Å². The van der Waals surface area contributed by atoms with Crippen LogP contribution in [0, 0.1) is 5.92 Å². The van der Waals surface area contributed by atoms with Crippen LogP contribution in [0.4, 0.5) is 0 Å². The molecule has 0 aliphatic heterocycles. The largest absolute Gasteiger partial charge is 0.466 e. The zero-order valence-corrected chi connectivity index (χ0v) is 12.0. The van der Waals surface area contributed by atoms with Crippen LogP contribution in [0.25, 0.3) is 0 Å². The van der Waals surface area contributed by atoms with Crippen molar-refractivity contribution >= 4 is 5.97 Å². The highest BCUT2D eigenvalue weighted by Crippen LogP contribution is 2.29. The highest BCUT2D eigenvalue weighted by Gasteiger charge is 2.25. The van der Waals surface area contributed by atoms with E-state index in [1.807, 2.05) is 6.92 Å². The Bertz CT molecular complexity index is 237. The van der Waals surface area contributed by atoms with E-state index in [9.17, 15) is 4.79 Å². The molecule has 18 heavy (non-hydrogen) atoms. The van der Waals surface area contributed by atoms with E-state index in [1.165, 1.54) is 12.8 Å². The molecular formula is C14H27NO3. The van der Waals surface area contributed by atoms with E-state index in [4.69, 9.17) is 9.47 Å². The van der Waals surface area contributed by atoms with Crippen molar-refractivity contribution in [3.63, 3.8) is 0 Å². The highest BCUT2D eigenvalue weighted by molar-refractivity contribution is 5.69. The number of likely N-dealkylation sites (N-methyl/N-ethyl adjacent to an activating group) is 1. The summed E-state index contributed by atoms with van der Waals surface area (Å²) in [4.78, 5) is 13.8. The second-order valence-electron chi connectivity index (χ2n) is 5.16. The molecule has 0 spiro atoms. The molecule has 0 bridgehead atoms. The third-order valence-corrected chi connectivity index (χ3v) is 3.85. The molecule has 1 fully saturated rings. The molecule has 1 aliphatic rings. The van der Waals surface area contributed by atoms with Gasteiger partial charge in [-0.15, -0.1) is 0 Å². The maximum atomic E-state index is 11.4. The number of carbonyl (C=O) groups excluding carboxylic acids is 1. The van der Waals surface area contributed by atoms with Crippen LogP contribution in [0.3, 0.4) is 0 Å². The lowest BCUT2D eigenvalue weighted by atomic mass is 9.83. The molecule has 0 aromatic rings. The molecule has 0 unspecified atom stereocenters. The summed E-state index contributed by atoms with van der Waals surface area (Å²) in [6, 6.07) is 0.651. The molecule has 4 nitrogen and oxygen atoms in total. The van der Waals surface area contributed by atoms with E-state index in [0.717, 1.165) is 26.0 Å². The fraction of sp³-hybridized carbons (Fsp3) is 0.929. The van der Waals surface area contributed by atoms with Crippen molar-refractivity contribution in [2.75, 3.05) is 33.9 Å². The summed E-state index contributed by atoms with van der Waals surface area (Å²) in [6.45, 7) is 4.14. The summed E-state index contributed by atoms with van der Waals surface area (Å²) >= 11 is 0. The molecular weight excluding hydrogens is 230 g/mol. The van der Waals surface area contributed by atoms with E-state index in [1.54, 1.807) is 7.11 Å². The first-order chi connectivity index (χ1) is 8.67. The van der Waals surface area contributed by atoms with Gasteiger partial charge in [-0.3, -0.25) is 4.79 Å². The van der Waals surface area contributed by atoms with Crippen LogP contribution in [0.15, 0.2) is 0 Å². The maximum Gasteiger partial charge on any atom is 0.306 e. The van der Waals surface area contributed by atoms with E-state index in [-0.39, 0.29) is 5.97 Å². The Morgan fingerprint density at radius 1 is 1.28 bits per heavy atom.